The van der Waals surface area contributed by atoms with Crippen LogP contribution in [0.1, 0.15) is 18.2 Å². The number of nitrogens with zero attached hydrogens (tertiary/aromatic N) is 2. The molecule has 2 aromatic rings. The molecule has 0 aliphatic heterocycles. The molecule has 1 aromatic heterocycles. The van der Waals surface area contributed by atoms with Crippen molar-refractivity contribution in [3.8, 4) is 5.75 Å². The van der Waals surface area contributed by atoms with Crippen molar-refractivity contribution in [1.29, 1.82) is 0 Å². The Morgan fingerprint density at radius 1 is 1.25 bits per heavy atom. The average molecular weight is 403 g/mol. The highest BCUT2D eigenvalue weighted by Gasteiger charge is 2.08. The molecule has 20 heavy (non-hydrogen) atoms. The Balaban J connectivity index is 1.96. The van der Waals surface area contributed by atoms with E-state index in [0.717, 1.165) is 33.5 Å². The minimum absolute atomic E-state index is 0.647. The highest BCUT2D eigenvalue weighted by Crippen LogP contribution is 2.34. The Kier molecular flexibility index (Phi) is 5.63. The van der Waals surface area contributed by atoms with Crippen LogP contribution >= 0.6 is 31.9 Å². The van der Waals surface area contributed by atoms with Crippen LogP contribution in [0.2, 0.25) is 0 Å². The summed E-state index contributed by atoms with van der Waals surface area (Å²) in [6.45, 7) is 4.15. The minimum Gasteiger partial charge on any atom is -0.492 e. The summed E-state index contributed by atoms with van der Waals surface area (Å²) in [5.74, 6) is 0.848. The fourth-order valence-electron chi connectivity index (χ4n) is 1.89. The zero-order chi connectivity index (χ0) is 14.5. The van der Waals surface area contributed by atoms with E-state index in [0.29, 0.717) is 6.61 Å². The average Bonchev–Trinajstić information content (AvgIpc) is 2.80. The SMILES string of the molecule is CCOc1c(Br)cc(CNCc2ccn(C)n2)cc1Br. The first kappa shape index (κ1) is 15.5. The standard InChI is InChI=1S/C14H17Br2N3O/c1-3-20-14-12(15)6-10(7-13(14)16)8-17-9-11-4-5-19(2)18-11/h4-7,17H,3,8-9H2,1-2H3. The molecule has 0 unspecified atom stereocenters. The van der Waals surface area contributed by atoms with Crippen molar-refractivity contribution in [1.82, 2.24) is 15.1 Å². The molecule has 0 saturated heterocycles. The number of aryl methyl sites for hydroxylation is 1. The van der Waals surface area contributed by atoms with Gasteiger partial charge in [-0.05, 0) is 62.5 Å². The van der Waals surface area contributed by atoms with Crippen molar-refractivity contribution in [2.75, 3.05) is 6.61 Å². The lowest BCUT2D eigenvalue weighted by Gasteiger charge is -2.11. The van der Waals surface area contributed by atoms with Crippen LogP contribution in [-0.4, -0.2) is 16.4 Å². The predicted octanol–water partition coefficient (Wildman–Crippen LogP) is 3.63. The van der Waals surface area contributed by atoms with Crippen LogP contribution in [0.5, 0.6) is 5.75 Å². The third kappa shape index (κ3) is 4.07. The molecule has 4 nitrogen and oxygen atoms in total. The van der Waals surface area contributed by atoms with E-state index in [9.17, 15) is 0 Å². The topological polar surface area (TPSA) is 39.1 Å². The lowest BCUT2D eigenvalue weighted by atomic mass is 10.2. The van der Waals surface area contributed by atoms with Crippen molar-refractivity contribution in [2.45, 2.75) is 20.0 Å². The van der Waals surface area contributed by atoms with Crippen LogP contribution < -0.4 is 10.1 Å². The van der Waals surface area contributed by atoms with Crippen molar-refractivity contribution >= 4 is 31.9 Å². The van der Waals surface area contributed by atoms with Crippen LogP contribution in [0, 0.1) is 0 Å². The summed E-state index contributed by atoms with van der Waals surface area (Å²) in [5, 5.41) is 7.71. The molecule has 2 rings (SSSR count). The van der Waals surface area contributed by atoms with E-state index in [4.69, 9.17) is 4.74 Å². The Bertz CT molecular complexity index is 561. The van der Waals surface area contributed by atoms with Gasteiger partial charge in [-0.15, -0.1) is 0 Å². The zero-order valence-electron chi connectivity index (χ0n) is 11.5. The maximum atomic E-state index is 5.57. The number of ether oxygens (including phenoxy) is 1. The second-order valence-corrected chi connectivity index (χ2v) is 6.11. The summed E-state index contributed by atoms with van der Waals surface area (Å²) in [6, 6.07) is 6.15. The van der Waals surface area contributed by atoms with Gasteiger partial charge in [0.25, 0.3) is 0 Å². The molecule has 1 aromatic carbocycles. The van der Waals surface area contributed by atoms with Crippen LogP contribution in [0.15, 0.2) is 33.3 Å². The second kappa shape index (κ2) is 7.24. The lowest BCUT2D eigenvalue weighted by molar-refractivity contribution is 0.336. The molecule has 0 saturated carbocycles. The predicted molar refractivity (Wildman–Crippen MR) is 86.8 cm³/mol. The highest BCUT2D eigenvalue weighted by molar-refractivity contribution is 9.11. The van der Waals surface area contributed by atoms with E-state index in [2.05, 4.69) is 54.4 Å². The summed E-state index contributed by atoms with van der Waals surface area (Å²) >= 11 is 7.08. The number of hydrogen-bond acceptors (Lipinski definition) is 3. The number of rotatable bonds is 6. The monoisotopic (exact) mass is 401 g/mol. The maximum absolute atomic E-state index is 5.57. The van der Waals surface area contributed by atoms with Crippen molar-refractivity contribution in [2.24, 2.45) is 7.05 Å². The molecule has 0 radical (unpaired) electrons. The summed E-state index contributed by atoms with van der Waals surface area (Å²) in [5.41, 5.74) is 2.22. The van der Waals surface area contributed by atoms with Crippen molar-refractivity contribution < 1.29 is 4.74 Å². The summed E-state index contributed by atoms with van der Waals surface area (Å²) in [6.07, 6.45) is 1.95. The maximum Gasteiger partial charge on any atom is 0.147 e. The number of aromatic nitrogens is 2. The van der Waals surface area contributed by atoms with E-state index in [-0.39, 0.29) is 0 Å². The van der Waals surface area contributed by atoms with Crippen LogP contribution in [0.25, 0.3) is 0 Å². The van der Waals surface area contributed by atoms with Gasteiger partial charge in [-0.3, -0.25) is 4.68 Å². The van der Waals surface area contributed by atoms with Gasteiger partial charge in [0.1, 0.15) is 5.75 Å². The number of halogens is 2. The molecule has 6 heteroatoms. The van der Waals surface area contributed by atoms with Crippen LogP contribution in [0.4, 0.5) is 0 Å². The molecule has 0 aliphatic carbocycles. The normalized spacial score (nSPS) is 10.8. The molecular formula is C14H17Br2N3O. The Labute approximate surface area is 135 Å². The van der Waals surface area contributed by atoms with Gasteiger partial charge < -0.3 is 10.1 Å². The minimum atomic E-state index is 0.647. The molecule has 1 heterocycles. The fourth-order valence-corrected chi connectivity index (χ4v) is 3.40. The first-order valence-corrected chi connectivity index (χ1v) is 7.98. The third-order valence-corrected chi connectivity index (χ3v) is 3.93. The van der Waals surface area contributed by atoms with Crippen molar-refractivity contribution in [3.63, 3.8) is 0 Å². The molecule has 0 aliphatic rings. The summed E-state index contributed by atoms with van der Waals surface area (Å²) in [7, 11) is 1.92. The van der Waals surface area contributed by atoms with Gasteiger partial charge in [-0.1, -0.05) is 0 Å². The third-order valence-electron chi connectivity index (χ3n) is 2.75. The largest absolute Gasteiger partial charge is 0.492 e. The van der Waals surface area contributed by atoms with Gasteiger partial charge in [-0.25, -0.2) is 0 Å². The van der Waals surface area contributed by atoms with Crippen LogP contribution in [-0.2, 0) is 20.1 Å². The van der Waals surface area contributed by atoms with Crippen molar-refractivity contribution in [3.05, 3.63) is 44.6 Å². The van der Waals surface area contributed by atoms with E-state index < -0.39 is 0 Å². The van der Waals surface area contributed by atoms with Crippen LogP contribution in [0.3, 0.4) is 0 Å². The van der Waals surface area contributed by atoms with Gasteiger partial charge in [0, 0.05) is 26.3 Å². The highest BCUT2D eigenvalue weighted by atomic mass is 79.9. The smallest absolute Gasteiger partial charge is 0.147 e. The van der Waals surface area contributed by atoms with Gasteiger partial charge in [0.05, 0.1) is 21.2 Å². The van der Waals surface area contributed by atoms with Gasteiger partial charge in [0.2, 0.25) is 0 Å². The second-order valence-electron chi connectivity index (χ2n) is 4.41. The number of hydrogen-bond donors (Lipinski definition) is 1. The van der Waals surface area contributed by atoms with E-state index >= 15 is 0 Å². The Morgan fingerprint density at radius 3 is 2.50 bits per heavy atom. The van der Waals surface area contributed by atoms with E-state index in [1.165, 1.54) is 5.56 Å². The molecule has 0 amide bonds. The molecule has 0 bridgehead atoms. The van der Waals surface area contributed by atoms with E-state index in [1.807, 2.05) is 26.2 Å². The Hall–Kier alpha value is -0.850. The quantitative estimate of drug-likeness (QED) is 0.801. The summed E-state index contributed by atoms with van der Waals surface area (Å²) in [4.78, 5) is 0. The molecule has 108 valence electrons. The molecular weight excluding hydrogens is 386 g/mol. The molecule has 0 fully saturated rings. The van der Waals surface area contributed by atoms with E-state index in [1.54, 1.807) is 4.68 Å². The first-order chi connectivity index (χ1) is 9.60. The lowest BCUT2D eigenvalue weighted by Crippen LogP contribution is -2.13. The first-order valence-electron chi connectivity index (χ1n) is 6.40. The van der Waals surface area contributed by atoms with Gasteiger partial charge in [-0.2, -0.15) is 5.10 Å². The number of nitrogens with one attached hydrogen (secondary N) is 1. The molecule has 0 spiro atoms. The zero-order valence-corrected chi connectivity index (χ0v) is 14.7. The van der Waals surface area contributed by atoms with Gasteiger partial charge in [0.15, 0.2) is 0 Å². The Morgan fingerprint density at radius 2 is 1.95 bits per heavy atom. The number of benzene rings is 1. The fraction of sp³-hybridized carbons (Fsp3) is 0.357. The molecule has 0 atom stereocenters. The summed E-state index contributed by atoms with van der Waals surface area (Å²) < 4.78 is 9.30. The molecule has 1 N–H and O–H groups in total. The van der Waals surface area contributed by atoms with Gasteiger partial charge >= 0.3 is 0 Å².